The molecule has 5 atom stereocenters. The highest BCUT2D eigenvalue weighted by atomic mass is 32.2. The first kappa shape index (κ1) is 27.9. The lowest BCUT2D eigenvalue weighted by atomic mass is 9.88. The van der Waals surface area contributed by atoms with Crippen LogP contribution in [-0.4, -0.2) is 93.0 Å². The first-order chi connectivity index (χ1) is 18.3. The van der Waals surface area contributed by atoms with Gasteiger partial charge in [0.25, 0.3) is 0 Å². The summed E-state index contributed by atoms with van der Waals surface area (Å²) in [7, 11) is -3.22. The van der Waals surface area contributed by atoms with Gasteiger partial charge in [0, 0.05) is 37.2 Å². The predicted octanol–water partition coefficient (Wildman–Crippen LogP) is 1.84. The highest BCUT2D eigenvalue weighted by molar-refractivity contribution is 7.88. The number of fused-ring (bicyclic) bond motifs is 1. The lowest BCUT2D eigenvalue weighted by molar-refractivity contribution is -0.0601. The minimum absolute atomic E-state index is 0.00663. The Morgan fingerprint density at radius 3 is 2.38 bits per heavy atom. The van der Waals surface area contributed by atoms with Crippen molar-refractivity contribution in [3.05, 3.63) is 41.6 Å². The Balaban J connectivity index is 1.42. The molecule has 5 rings (SSSR count). The van der Waals surface area contributed by atoms with E-state index in [1.165, 1.54) is 10.6 Å². The molecule has 2 aliphatic heterocycles. The van der Waals surface area contributed by atoms with Crippen molar-refractivity contribution >= 4 is 33.2 Å². The fourth-order valence-corrected chi connectivity index (χ4v) is 6.81. The second kappa shape index (κ2) is 10.4. The van der Waals surface area contributed by atoms with Gasteiger partial charge in [0.2, 0.25) is 16.0 Å². The average Bonchev–Trinajstić information content (AvgIpc) is 3.35. The number of nitrogens with zero attached hydrogens (tertiary/aromatic N) is 4. The molecule has 0 bridgehead atoms. The first-order valence-corrected chi connectivity index (χ1v) is 15.3. The van der Waals surface area contributed by atoms with E-state index in [1.807, 2.05) is 24.3 Å². The number of para-hydroxylation sites is 1. The Bertz CT molecular complexity index is 1350. The van der Waals surface area contributed by atoms with Crippen molar-refractivity contribution in [2.45, 2.75) is 75.8 Å². The number of aliphatic hydroxyl groups excluding tert-OH is 2. The van der Waals surface area contributed by atoms with Crippen LogP contribution in [0.2, 0.25) is 0 Å². The van der Waals surface area contributed by atoms with Gasteiger partial charge < -0.3 is 26.0 Å². The number of anilines is 2. The normalized spacial score (nSPS) is 28.3. The number of aliphatic imine (C=N–C) groups is 1. The van der Waals surface area contributed by atoms with E-state index in [4.69, 9.17) is 9.98 Å². The molecular weight excluding hydrogens is 520 g/mol. The zero-order valence-corrected chi connectivity index (χ0v) is 23.6. The van der Waals surface area contributed by atoms with Gasteiger partial charge in [-0.25, -0.2) is 17.7 Å². The Kier molecular flexibility index (Phi) is 7.44. The molecule has 0 amide bonds. The number of aliphatic hydroxyl groups is 3. The smallest absolute Gasteiger partial charge is 0.224 e. The van der Waals surface area contributed by atoms with E-state index in [9.17, 15) is 23.7 Å². The number of sulfonamides is 1. The second-order valence-corrected chi connectivity index (χ2v) is 13.5. The van der Waals surface area contributed by atoms with Crippen molar-refractivity contribution in [2.75, 3.05) is 30.0 Å². The highest BCUT2D eigenvalue weighted by Crippen LogP contribution is 2.40. The summed E-state index contributed by atoms with van der Waals surface area (Å²) < 4.78 is 25.2. The first-order valence-electron chi connectivity index (χ1n) is 13.4. The summed E-state index contributed by atoms with van der Waals surface area (Å²) in [6.07, 6.45) is 2.36. The summed E-state index contributed by atoms with van der Waals surface area (Å²) in [6.45, 7) is 6.20. The van der Waals surface area contributed by atoms with Crippen molar-refractivity contribution in [3.63, 3.8) is 0 Å². The van der Waals surface area contributed by atoms with Crippen LogP contribution in [0.5, 0.6) is 0 Å². The number of piperidine rings is 1. The predicted molar refractivity (Wildman–Crippen MR) is 150 cm³/mol. The summed E-state index contributed by atoms with van der Waals surface area (Å²) in [5, 5.41) is 38.8. The summed E-state index contributed by atoms with van der Waals surface area (Å²) in [6, 6.07) is 7.41. The molecular formula is C27H38N6O5S. The van der Waals surface area contributed by atoms with E-state index in [-0.39, 0.29) is 12.0 Å². The third-order valence-corrected chi connectivity index (χ3v) is 9.59. The van der Waals surface area contributed by atoms with Crippen LogP contribution in [0.25, 0.3) is 0 Å². The third kappa shape index (κ3) is 5.66. The van der Waals surface area contributed by atoms with E-state index in [2.05, 4.69) is 22.5 Å². The number of nitrogens with one attached hydrogen (secondary N) is 2. The third-order valence-electron chi connectivity index (χ3n) is 8.29. The maximum atomic E-state index is 11.9. The summed E-state index contributed by atoms with van der Waals surface area (Å²) in [5.41, 5.74) is 2.34. The molecule has 1 unspecified atom stereocenters. The van der Waals surface area contributed by atoms with Crippen LogP contribution < -0.4 is 10.6 Å². The average molecular weight is 559 g/mol. The fourth-order valence-electron chi connectivity index (χ4n) is 5.94. The van der Waals surface area contributed by atoms with Gasteiger partial charge in [-0.1, -0.05) is 25.1 Å². The van der Waals surface area contributed by atoms with Crippen LogP contribution in [0.3, 0.4) is 0 Å². The zero-order chi connectivity index (χ0) is 28.1. The van der Waals surface area contributed by atoms with Crippen LogP contribution >= 0.6 is 0 Å². The van der Waals surface area contributed by atoms with Gasteiger partial charge in [0.15, 0.2) is 0 Å². The molecule has 3 aliphatic rings. The number of hydrogen-bond acceptors (Lipinski definition) is 10. The molecule has 3 heterocycles. The second-order valence-electron chi connectivity index (χ2n) is 11.5. The molecule has 12 heteroatoms. The minimum atomic E-state index is -3.22. The van der Waals surface area contributed by atoms with Crippen molar-refractivity contribution in [1.82, 2.24) is 14.3 Å². The van der Waals surface area contributed by atoms with Crippen LogP contribution in [0, 0.1) is 5.92 Å². The van der Waals surface area contributed by atoms with Gasteiger partial charge in [-0.3, -0.25) is 4.99 Å². The van der Waals surface area contributed by atoms with Crippen molar-refractivity contribution in [3.8, 4) is 0 Å². The van der Waals surface area contributed by atoms with E-state index < -0.39 is 39.8 Å². The van der Waals surface area contributed by atoms with E-state index in [0.717, 1.165) is 17.0 Å². The summed E-state index contributed by atoms with van der Waals surface area (Å²) in [4.78, 5) is 14.2. The molecule has 39 heavy (non-hydrogen) atoms. The van der Waals surface area contributed by atoms with Gasteiger partial charge in [0.05, 0.1) is 41.0 Å². The molecule has 5 N–H and O–H groups in total. The van der Waals surface area contributed by atoms with Gasteiger partial charge in [-0.15, -0.1) is 0 Å². The number of hydrogen-bond donors (Lipinski definition) is 5. The topological polar surface area (TPSA) is 160 Å². The van der Waals surface area contributed by atoms with Crippen molar-refractivity contribution in [1.29, 1.82) is 0 Å². The Morgan fingerprint density at radius 1 is 1.08 bits per heavy atom. The van der Waals surface area contributed by atoms with E-state index >= 15 is 0 Å². The SMILES string of the molecule is CC1C(c2cnc(NC3CCN(S(C)(=O)=O)CC3)nc2N[C@@H]2C[C@H](C(C)(C)O)[C@@H](O)[C@H]2O)=Nc2ccccc21. The maximum absolute atomic E-state index is 11.9. The monoisotopic (exact) mass is 558 g/mol. The molecule has 2 fully saturated rings. The molecule has 1 saturated heterocycles. The Labute approximate surface area is 229 Å². The van der Waals surface area contributed by atoms with E-state index in [0.29, 0.717) is 49.7 Å². The molecule has 11 nitrogen and oxygen atoms in total. The molecule has 1 aromatic carbocycles. The van der Waals surface area contributed by atoms with Crippen LogP contribution in [0.15, 0.2) is 35.5 Å². The highest BCUT2D eigenvalue weighted by Gasteiger charge is 2.48. The Hall–Kier alpha value is -2.64. The van der Waals surface area contributed by atoms with E-state index in [1.54, 1.807) is 20.0 Å². The number of rotatable bonds is 7. The summed E-state index contributed by atoms with van der Waals surface area (Å²) in [5.74, 6) is 0.356. The Morgan fingerprint density at radius 2 is 1.77 bits per heavy atom. The van der Waals surface area contributed by atoms with Gasteiger partial charge in [-0.05, 0) is 44.7 Å². The quantitative estimate of drug-likeness (QED) is 0.342. The minimum Gasteiger partial charge on any atom is -0.390 e. The molecule has 0 radical (unpaired) electrons. The lowest BCUT2D eigenvalue weighted by Crippen LogP contribution is -2.42. The maximum Gasteiger partial charge on any atom is 0.224 e. The van der Waals surface area contributed by atoms with Crippen LogP contribution in [0.4, 0.5) is 17.5 Å². The number of aromatic nitrogens is 2. The van der Waals surface area contributed by atoms with Crippen LogP contribution in [0.1, 0.15) is 57.1 Å². The molecule has 1 aliphatic carbocycles. The van der Waals surface area contributed by atoms with Crippen molar-refractivity contribution < 1.29 is 23.7 Å². The molecule has 212 valence electrons. The largest absolute Gasteiger partial charge is 0.390 e. The van der Waals surface area contributed by atoms with Gasteiger partial charge >= 0.3 is 0 Å². The molecule has 0 spiro atoms. The standard InChI is InChI=1S/C27H38N6O5S/c1-15-17-7-5-6-8-20(17)30-22(15)18-14-28-26(29-16-9-11-33(12-10-16)39(4,37)38)32-25(18)31-21-13-19(27(2,3)36)23(34)24(21)35/h5-8,14-16,19,21,23-24,34-36H,9-13H2,1-4H3,(H2,28,29,31,32)/t15?,19-,21+,23+,24-/m0/s1. The number of benzene rings is 1. The van der Waals surface area contributed by atoms with Gasteiger partial charge in [-0.2, -0.15) is 4.98 Å². The molecule has 1 saturated carbocycles. The lowest BCUT2D eigenvalue weighted by Gasteiger charge is -2.30. The molecule has 1 aromatic heterocycles. The van der Waals surface area contributed by atoms with Gasteiger partial charge in [0.1, 0.15) is 11.9 Å². The zero-order valence-electron chi connectivity index (χ0n) is 22.7. The summed E-state index contributed by atoms with van der Waals surface area (Å²) >= 11 is 0. The fraction of sp³-hybridized carbons (Fsp3) is 0.593. The van der Waals surface area contributed by atoms with Crippen LogP contribution in [-0.2, 0) is 10.0 Å². The molecule has 2 aromatic rings. The van der Waals surface area contributed by atoms with Crippen molar-refractivity contribution in [2.24, 2.45) is 10.9 Å².